The molecule has 1 heteroatoms. The molecule has 0 aromatic heterocycles. The highest BCUT2D eigenvalue weighted by Gasteiger charge is 2.31. The second-order valence-corrected chi connectivity index (χ2v) is 8.33. The monoisotopic (exact) mass is 375 g/mol. The minimum Gasteiger partial charge on any atom is -0.372 e. The van der Waals surface area contributed by atoms with Gasteiger partial charge < -0.3 is 5.32 Å². The molecule has 1 nitrogen and oxygen atoms in total. The molecule has 0 radical (unpaired) electrons. The SMILES string of the molecule is Cc1ccc(C2=CC(C)(c3ccc(C)cc3)Nc3ccc4ccccc4c32)cc1. The van der Waals surface area contributed by atoms with Crippen molar-refractivity contribution < 1.29 is 0 Å². The average Bonchev–Trinajstić information content (AvgIpc) is 2.74. The van der Waals surface area contributed by atoms with Gasteiger partial charge in [-0.15, -0.1) is 0 Å². The highest BCUT2D eigenvalue weighted by Crippen LogP contribution is 2.44. The minimum absolute atomic E-state index is 0.274. The van der Waals surface area contributed by atoms with E-state index in [-0.39, 0.29) is 5.54 Å². The zero-order valence-electron chi connectivity index (χ0n) is 17.2. The smallest absolute Gasteiger partial charge is 0.0790 e. The van der Waals surface area contributed by atoms with E-state index in [1.54, 1.807) is 0 Å². The standard InChI is InChI=1S/C28H25N/c1-19-8-12-22(13-9-19)25-18-28(3,23-15-10-20(2)11-16-23)29-26-17-14-21-6-4-5-7-24(21)27(25)26/h4-18,29H,1-3H3. The Morgan fingerprint density at radius 1 is 0.690 bits per heavy atom. The fourth-order valence-corrected chi connectivity index (χ4v) is 4.36. The second-order valence-electron chi connectivity index (χ2n) is 8.33. The predicted octanol–water partition coefficient (Wildman–Crippen LogP) is 7.23. The zero-order valence-corrected chi connectivity index (χ0v) is 17.2. The van der Waals surface area contributed by atoms with Gasteiger partial charge in [0, 0.05) is 11.3 Å². The molecule has 0 saturated heterocycles. The molecule has 0 spiro atoms. The van der Waals surface area contributed by atoms with Crippen LogP contribution in [-0.4, -0.2) is 0 Å². The summed E-state index contributed by atoms with van der Waals surface area (Å²) in [5.41, 5.74) is 8.58. The second kappa shape index (κ2) is 6.63. The van der Waals surface area contributed by atoms with E-state index in [0.29, 0.717) is 0 Å². The lowest BCUT2D eigenvalue weighted by Crippen LogP contribution is -2.33. The summed E-state index contributed by atoms with van der Waals surface area (Å²) in [6, 6.07) is 30.8. The average molecular weight is 376 g/mol. The number of anilines is 1. The van der Waals surface area contributed by atoms with Crippen LogP contribution in [0.15, 0.2) is 91.0 Å². The van der Waals surface area contributed by atoms with E-state index in [1.165, 1.54) is 49.9 Å². The molecule has 0 aliphatic carbocycles. The Morgan fingerprint density at radius 2 is 1.34 bits per heavy atom. The molecule has 0 saturated carbocycles. The number of benzene rings is 4. The van der Waals surface area contributed by atoms with Gasteiger partial charge in [-0.3, -0.25) is 0 Å². The summed E-state index contributed by atoms with van der Waals surface area (Å²) in [5, 5.41) is 6.39. The van der Waals surface area contributed by atoms with Crippen molar-refractivity contribution in [3.63, 3.8) is 0 Å². The third kappa shape index (κ3) is 3.03. The first-order valence-corrected chi connectivity index (χ1v) is 10.2. The van der Waals surface area contributed by atoms with Crippen molar-refractivity contribution in [2.45, 2.75) is 26.3 Å². The number of nitrogens with one attached hydrogen (secondary N) is 1. The van der Waals surface area contributed by atoms with E-state index in [0.717, 1.165) is 0 Å². The van der Waals surface area contributed by atoms with Gasteiger partial charge >= 0.3 is 0 Å². The van der Waals surface area contributed by atoms with Gasteiger partial charge in [-0.25, -0.2) is 0 Å². The lowest BCUT2D eigenvalue weighted by atomic mass is 9.80. The molecule has 5 rings (SSSR count). The van der Waals surface area contributed by atoms with E-state index in [9.17, 15) is 0 Å². The molecule has 142 valence electrons. The number of hydrogen-bond donors (Lipinski definition) is 1. The Bertz CT molecular complexity index is 1230. The van der Waals surface area contributed by atoms with Crippen LogP contribution in [0, 0.1) is 13.8 Å². The maximum absolute atomic E-state index is 3.84. The summed E-state index contributed by atoms with van der Waals surface area (Å²) >= 11 is 0. The van der Waals surface area contributed by atoms with Crippen LogP contribution < -0.4 is 5.32 Å². The molecule has 4 aromatic carbocycles. The molecule has 0 bridgehead atoms. The lowest BCUT2D eigenvalue weighted by Gasteiger charge is -2.37. The third-order valence-electron chi connectivity index (χ3n) is 6.04. The summed E-state index contributed by atoms with van der Waals surface area (Å²) in [6.45, 7) is 6.54. The van der Waals surface area contributed by atoms with Crippen LogP contribution in [0.2, 0.25) is 0 Å². The van der Waals surface area contributed by atoms with Gasteiger partial charge in [0.2, 0.25) is 0 Å². The number of hydrogen-bond acceptors (Lipinski definition) is 1. The number of aryl methyl sites for hydroxylation is 2. The molecule has 1 N–H and O–H groups in total. The molecule has 4 aromatic rings. The summed E-state index contributed by atoms with van der Waals surface area (Å²) in [4.78, 5) is 0. The molecule has 1 unspecified atom stereocenters. The molecule has 0 fully saturated rings. The molecular formula is C28H25N. The third-order valence-corrected chi connectivity index (χ3v) is 6.04. The number of fused-ring (bicyclic) bond motifs is 3. The predicted molar refractivity (Wildman–Crippen MR) is 124 cm³/mol. The number of rotatable bonds is 2. The van der Waals surface area contributed by atoms with Crippen LogP contribution in [-0.2, 0) is 5.54 Å². The maximum Gasteiger partial charge on any atom is 0.0790 e. The topological polar surface area (TPSA) is 12.0 Å². The normalized spacial score (nSPS) is 18.1. The van der Waals surface area contributed by atoms with Crippen molar-refractivity contribution in [1.82, 2.24) is 0 Å². The van der Waals surface area contributed by atoms with E-state index in [1.807, 2.05) is 0 Å². The van der Waals surface area contributed by atoms with Crippen molar-refractivity contribution >= 4 is 22.0 Å². The maximum atomic E-state index is 3.84. The van der Waals surface area contributed by atoms with Gasteiger partial charge in [-0.1, -0.05) is 90.0 Å². The molecule has 1 aliphatic rings. The Labute approximate surface area is 172 Å². The summed E-state index contributed by atoms with van der Waals surface area (Å²) in [7, 11) is 0. The molecule has 0 amide bonds. The van der Waals surface area contributed by atoms with Crippen molar-refractivity contribution in [3.05, 3.63) is 119 Å². The van der Waals surface area contributed by atoms with Gasteiger partial charge in [0.15, 0.2) is 0 Å². The molecule has 1 aliphatic heterocycles. The highest BCUT2D eigenvalue weighted by molar-refractivity contribution is 6.04. The van der Waals surface area contributed by atoms with Crippen molar-refractivity contribution in [1.29, 1.82) is 0 Å². The fraction of sp³-hybridized carbons (Fsp3) is 0.143. The first kappa shape index (κ1) is 17.8. The van der Waals surface area contributed by atoms with Gasteiger partial charge in [-0.2, -0.15) is 0 Å². The van der Waals surface area contributed by atoms with Crippen LogP contribution in [0.4, 0.5) is 5.69 Å². The van der Waals surface area contributed by atoms with Crippen molar-refractivity contribution in [2.24, 2.45) is 0 Å². The Balaban J connectivity index is 1.79. The first-order valence-electron chi connectivity index (χ1n) is 10.2. The van der Waals surface area contributed by atoms with Crippen LogP contribution in [0.1, 0.15) is 34.7 Å². The van der Waals surface area contributed by atoms with E-state index < -0.39 is 0 Å². The van der Waals surface area contributed by atoms with Crippen LogP contribution in [0.5, 0.6) is 0 Å². The quantitative estimate of drug-likeness (QED) is 0.390. The van der Waals surface area contributed by atoms with Gasteiger partial charge in [0.25, 0.3) is 0 Å². The van der Waals surface area contributed by atoms with Crippen LogP contribution in [0.25, 0.3) is 16.3 Å². The lowest BCUT2D eigenvalue weighted by molar-refractivity contribution is 0.685. The highest BCUT2D eigenvalue weighted by atomic mass is 15.0. The van der Waals surface area contributed by atoms with E-state index in [2.05, 4.69) is 117 Å². The Hall–Kier alpha value is -3.32. The summed E-state index contributed by atoms with van der Waals surface area (Å²) in [5.74, 6) is 0. The molecule has 1 heterocycles. The van der Waals surface area contributed by atoms with Gasteiger partial charge in [0.05, 0.1) is 5.54 Å². The minimum atomic E-state index is -0.274. The Kier molecular flexibility index (Phi) is 4.06. The molecular weight excluding hydrogens is 350 g/mol. The summed E-state index contributed by atoms with van der Waals surface area (Å²) < 4.78 is 0. The van der Waals surface area contributed by atoms with Crippen molar-refractivity contribution in [2.75, 3.05) is 5.32 Å². The van der Waals surface area contributed by atoms with Crippen LogP contribution >= 0.6 is 0 Å². The van der Waals surface area contributed by atoms with E-state index >= 15 is 0 Å². The van der Waals surface area contributed by atoms with Gasteiger partial charge in [-0.05, 0) is 60.4 Å². The van der Waals surface area contributed by atoms with Crippen molar-refractivity contribution in [3.8, 4) is 0 Å². The van der Waals surface area contributed by atoms with E-state index in [4.69, 9.17) is 0 Å². The van der Waals surface area contributed by atoms with Crippen LogP contribution in [0.3, 0.4) is 0 Å². The van der Waals surface area contributed by atoms with Gasteiger partial charge in [0.1, 0.15) is 0 Å². The molecule has 1 atom stereocenters. The zero-order chi connectivity index (χ0) is 20.0. The fourth-order valence-electron chi connectivity index (χ4n) is 4.36. The molecule has 29 heavy (non-hydrogen) atoms. The first-order chi connectivity index (χ1) is 14.0. The summed E-state index contributed by atoms with van der Waals surface area (Å²) in [6.07, 6.45) is 2.40. The largest absolute Gasteiger partial charge is 0.372 e. The Morgan fingerprint density at radius 3 is 2.07 bits per heavy atom.